The Hall–Kier alpha value is -3.20. The first-order chi connectivity index (χ1) is 16.4. The Balaban J connectivity index is 1.59. The molecule has 1 N–H and O–H groups in total. The van der Waals surface area contributed by atoms with Gasteiger partial charge in [-0.15, -0.1) is 0 Å². The van der Waals surface area contributed by atoms with E-state index in [2.05, 4.69) is 27.9 Å². The van der Waals surface area contributed by atoms with Crippen molar-refractivity contribution in [2.24, 2.45) is 0 Å². The predicted molar refractivity (Wildman–Crippen MR) is 139 cm³/mol. The molecule has 0 fully saturated rings. The summed E-state index contributed by atoms with van der Waals surface area (Å²) >= 11 is 2.25. The number of ether oxygens (including phenoxy) is 1. The van der Waals surface area contributed by atoms with Gasteiger partial charge in [-0.05, 0) is 88.2 Å². The first kappa shape index (κ1) is 23.9. The molecule has 4 rings (SSSR count). The maximum Gasteiger partial charge on any atom is 0.254 e. The number of hydrogen-bond donors (Lipinski definition) is 1. The van der Waals surface area contributed by atoms with E-state index in [9.17, 15) is 14.4 Å². The van der Waals surface area contributed by atoms with Crippen LogP contribution in [0.2, 0.25) is 0 Å². The summed E-state index contributed by atoms with van der Waals surface area (Å²) in [5, 5.41) is 2.78. The molecule has 34 heavy (non-hydrogen) atoms. The molecule has 0 saturated heterocycles. The van der Waals surface area contributed by atoms with Crippen LogP contribution in [0.1, 0.15) is 39.5 Å². The number of aryl methyl sites for hydroxylation is 1. The highest BCUT2D eigenvalue weighted by Crippen LogP contribution is 2.29. The summed E-state index contributed by atoms with van der Waals surface area (Å²) in [7, 11) is 3.23. The van der Waals surface area contributed by atoms with Crippen LogP contribution in [0.15, 0.2) is 66.7 Å². The number of amides is 2. The van der Waals surface area contributed by atoms with Gasteiger partial charge in [0.1, 0.15) is 11.8 Å². The highest BCUT2D eigenvalue weighted by Gasteiger charge is 2.30. The molecule has 1 aliphatic heterocycles. The lowest BCUT2D eigenvalue weighted by Crippen LogP contribution is -2.36. The van der Waals surface area contributed by atoms with Gasteiger partial charge in [-0.2, -0.15) is 0 Å². The number of methoxy groups -OCH3 is 1. The number of halogens is 1. The molecule has 1 atom stereocenters. The van der Waals surface area contributed by atoms with E-state index in [-0.39, 0.29) is 24.0 Å². The molecule has 1 unspecified atom stereocenters. The average molecular weight is 568 g/mol. The molecule has 0 saturated carbocycles. The normalized spacial score (nSPS) is 13.1. The number of hydrogen-bond acceptors (Lipinski definition) is 4. The Morgan fingerprint density at radius 2 is 1.76 bits per heavy atom. The number of likely N-dealkylation sites (N-methyl/N-ethyl adjacent to an activating group) is 1. The number of Topliss-reactive ketones (excluding diaryl/α,β-unsaturated/α-hetero) is 1. The van der Waals surface area contributed by atoms with Gasteiger partial charge in [0.25, 0.3) is 5.91 Å². The smallest absolute Gasteiger partial charge is 0.254 e. The molecule has 174 valence electrons. The standard InChI is InChI=1S/C27H25IN2O4/c1-30(27(33)19-8-13-23-20(15-19)16-25(32)29-23)26(18-6-11-22(34-2)12-7-18)24(31)14-5-17-3-9-21(28)10-4-17/h3-4,6-13,15,26H,5,14,16H2,1-2H3,(H,29,32). The van der Waals surface area contributed by atoms with Crippen molar-refractivity contribution in [3.05, 3.63) is 92.6 Å². The van der Waals surface area contributed by atoms with Gasteiger partial charge in [0.15, 0.2) is 5.78 Å². The summed E-state index contributed by atoms with van der Waals surface area (Å²) in [6.45, 7) is 0. The lowest BCUT2D eigenvalue weighted by molar-refractivity contribution is -0.123. The minimum atomic E-state index is -0.740. The average Bonchev–Trinajstić information content (AvgIpc) is 3.23. The molecule has 2 amide bonds. The third-order valence-corrected chi connectivity index (χ3v) is 6.71. The zero-order valence-electron chi connectivity index (χ0n) is 19.0. The number of fused-ring (bicyclic) bond motifs is 1. The Kier molecular flexibility index (Phi) is 7.31. The third kappa shape index (κ3) is 5.30. The van der Waals surface area contributed by atoms with Gasteiger partial charge < -0.3 is 15.0 Å². The molecule has 0 spiro atoms. The third-order valence-electron chi connectivity index (χ3n) is 5.99. The summed E-state index contributed by atoms with van der Waals surface area (Å²) in [5.74, 6) is 0.275. The molecular weight excluding hydrogens is 543 g/mol. The van der Waals surface area contributed by atoms with Gasteiger partial charge in [-0.1, -0.05) is 24.3 Å². The molecule has 0 aliphatic carbocycles. The molecule has 1 aliphatic rings. The van der Waals surface area contributed by atoms with Crippen LogP contribution >= 0.6 is 22.6 Å². The van der Waals surface area contributed by atoms with Crippen molar-refractivity contribution in [2.75, 3.05) is 19.5 Å². The monoisotopic (exact) mass is 568 g/mol. The molecule has 0 bridgehead atoms. The van der Waals surface area contributed by atoms with Crippen LogP contribution in [0.5, 0.6) is 5.75 Å². The first-order valence-electron chi connectivity index (χ1n) is 11.0. The molecule has 1 heterocycles. The number of rotatable bonds is 8. The number of ketones is 1. The lowest BCUT2D eigenvalue weighted by Gasteiger charge is -2.28. The van der Waals surface area contributed by atoms with Crippen LogP contribution in [0.25, 0.3) is 0 Å². The van der Waals surface area contributed by atoms with Crippen LogP contribution in [-0.2, 0) is 22.4 Å². The molecule has 0 aromatic heterocycles. The minimum Gasteiger partial charge on any atom is -0.497 e. The Labute approximate surface area is 212 Å². The van der Waals surface area contributed by atoms with Crippen LogP contribution in [-0.4, -0.2) is 36.7 Å². The number of carbonyl (C=O) groups excluding carboxylic acids is 3. The van der Waals surface area contributed by atoms with Crippen molar-refractivity contribution in [1.82, 2.24) is 4.90 Å². The largest absolute Gasteiger partial charge is 0.497 e. The van der Waals surface area contributed by atoms with E-state index in [1.807, 2.05) is 36.4 Å². The Morgan fingerprint density at radius 3 is 2.44 bits per heavy atom. The van der Waals surface area contributed by atoms with E-state index in [4.69, 9.17) is 4.74 Å². The van der Waals surface area contributed by atoms with Crippen LogP contribution < -0.4 is 10.1 Å². The van der Waals surface area contributed by atoms with Gasteiger partial charge in [0.2, 0.25) is 5.91 Å². The Morgan fingerprint density at radius 1 is 1.06 bits per heavy atom. The molecule has 0 radical (unpaired) electrons. The summed E-state index contributed by atoms with van der Waals surface area (Å²) in [6, 6.07) is 19.7. The number of anilines is 1. The number of nitrogens with one attached hydrogen (secondary N) is 1. The number of nitrogens with zero attached hydrogens (tertiary/aromatic N) is 1. The van der Waals surface area contributed by atoms with Gasteiger partial charge in [-0.3, -0.25) is 14.4 Å². The minimum absolute atomic E-state index is 0.0439. The summed E-state index contributed by atoms with van der Waals surface area (Å²) in [4.78, 5) is 40.1. The summed E-state index contributed by atoms with van der Waals surface area (Å²) < 4.78 is 6.39. The zero-order chi connectivity index (χ0) is 24.2. The fourth-order valence-corrected chi connectivity index (χ4v) is 4.51. The van der Waals surface area contributed by atoms with Gasteiger partial charge in [0, 0.05) is 28.3 Å². The van der Waals surface area contributed by atoms with E-state index >= 15 is 0 Å². The molecule has 3 aromatic rings. The van der Waals surface area contributed by atoms with Crippen molar-refractivity contribution in [3.8, 4) is 5.75 Å². The predicted octanol–water partition coefficient (Wildman–Crippen LogP) is 4.81. The number of benzene rings is 3. The van der Waals surface area contributed by atoms with Crippen molar-refractivity contribution >= 4 is 45.9 Å². The molecule has 3 aromatic carbocycles. The number of carbonyl (C=O) groups is 3. The van der Waals surface area contributed by atoms with Gasteiger partial charge in [-0.25, -0.2) is 0 Å². The van der Waals surface area contributed by atoms with Crippen molar-refractivity contribution in [1.29, 1.82) is 0 Å². The van der Waals surface area contributed by atoms with Crippen LogP contribution in [0, 0.1) is 3.57 Å². The second-order valence-electron chi connectivity index (χ2n) is 8.28. The van der Waals surface area contributed by atoms with E-state index < -0.39 is 6.04 Å². The highest BCUT2D eigenvalue weighted by molar-refractivity contribution is 14.1. The second-order valence-corrected chi connectivity index (χ2v) is 9.53. The van der Waals surface area contributed by atoms with E-state index in [1.54, 1.807) is 44.5 Å². The van der Waals surface area contributed by atoms with Crippen molar-refractivity contribution in [2.45, 2.75) is 25.3 Å². The fourth-order valence-electron chi connectivity index (χ4n) is 4.15. The SMILES string of the molecule is COc1ccc(C(C(=O)CCc2ccc(I)cc2)N(C)C(=O)c2ccc3c(c2)CC(=O)N3)cc1. The lowest BCUT2D eigenvalue weighted by atomic mass is 9.95. The van der Waals surface area contributed by atoms with Crippen LogP contribution in [0.4, 0.5) is 5.69 Å². The molecule has 6 nitrogen and oxygen atoms in total. The maximum absolute atomic E-state index is 13.5. The second kappa shape index (κ2) is 10.4. The maximum atomic E-state index is 13.5. The fraction of sp³-hybridized carbons (Fsp3) is 0.222. The zero-order valence-corrected chi connectivity index (χ0v) is 21.2. The van der Waals surface area contributed by atoms with Gasteiger partial charge >= 0.3 is 0 Å². The van der Waals surface area contributed by atoms with E-state index in [0.29, 0.717) is 24.2 Å². The quantitative estimate of drug-likeness (QED) is 0.396. The molecular formula is C27H25IN2O4. The Bertz CT molecular complexity index is 1220. The topological polar surface area (TPSA) is 75.7 Å². The van der Waals surface area contributed by atoms with Crippen molar-refractivity contribution in [3.63, 3.8) is 0 Å². The van der Waals surface area contributed by atoms with Gasteiger partial charge in [0.05, 0.1) is 13.5 Å². The first-order valence-corrected chi connectivity index (χ1v) is 12.0. The van der Waals surface area contributed by atoms with Crippen molar-refractivity contribution < 1.29 is 19.1 Å². The molecule has 7 heteroatoms. The van der Waals surface area contributed by atoms with E-state index in [1.165, 1.54) is 4.90 Å². The van der Waals surface area contributed by atoms with E-state index in [0.717, 1.165) is 25.9 Å². The summed E-state index contributed by atoms with van der Waals surface area (Å²) in [5.41, 5.74) is 3.76. The highest BCUT2D eigenvalue weighted by atomic mass is 127. The van der Waals surface area contributed by atoms with Crippen LogP contribution in [0.3, 0.4) is 0 Å². The summed E-state index contributed by atoms with van der Waals surface area (Å²) in [6.07, 6.45) is 1.14.